The molecule has 9 heteroatoms. The van der Waals surface area contributed by atoms with Crippen LogP contribution in [0.3, 0.4) is 0 Å². The molecule has 8 nitrogen and oxygen atoms in total. The number of methoxy groups -OCH3 is 2. The number of benzene rings is 1. The van der Waals surface area contributed by atoms with Crippen LogP contribution in [0.5, 0.6) is 5.75 Å². The van der Waals surface area contributed by atoms with Crippen LogP contribution in [0, 0.1) is 0 Å². The number of carbonyl (C=O) groups excluding carboxylic acids is 2. The first-order valence-electron chi connectivity index (χ1n) is 10.6. The fourth-order valence-electron chi connectivity index (χ4n) is 4.10. The molecule has 1 N–H and O–H groups in total. The Hall–Kier alpha value is -2.78. The molecule has 1 fully saturated rings. The molecule has 2 atom stereocenters. The zero-order valence-corrected chi connectivity index (χ0v) is 19.2. The molecule has 0 spiro atoms. The molecule has 170 valence electrons. The Kier molecular flexibility index (Phi) is 6.86. The van der Waals surface area contributed by atoms with E-state index in [2.05, 4.69) is 10.3 Å². The van der Waals surface area contributed by atoms with Crippen molar-refractivity contribution in [2.45, 2.75) is 38.3 Å². The summed E-state index contributed by atoms with van der Waals surface area (Å²) in [5.41, 5.74) is 2.72. The van der Waals surface area contributed by atoms with Gasteiger partial charge in [0.2, 0.25) is 5.91 Å². The molecule has 3 aliphatic heterocycles. The van der Waals surface area contributed by atoms with E-state index < -0.39 is 12.0 Å². The molecule has 32 heavy (non-hydrogen) atoms. The highest BCUT2D eigenvalue weighted by Crippen LogP contribution is 2.45. The highest BCUT2D eigenvalue weighted by Gasteiger charge is 2.41. The average molecular weight is 458 g/mol. The first-order chi connectivity index (χ1) is 15.5. The molecule has 3 heterocycles. The second-order valence-corrected chi connectivity index (χ2v) is 8.61. The fraction of sp³-hybridized carbons (Fsp3) is 0.435. The smallest absolute Gasteiger partial charge is 0.338 e. The molecule has 0 radical (unpaired) electrons. The number of hydrogen-bond acceptors (Lipinski definition) is 8. The summed E-state index contributed by atoms with van der Waals surface area (Å²) in [4.78, 5) is 32.0. The number of carbonyl (C=O) groups is 2. The minimum Gasteiger partial charge on any atom is -0.497 e. The number of amides is 1. The summed E-state index contributed by atoms with van der Waals surface area (Å²) >= 11 is 1.45. The summed E-state index contributed by atoms with van der Waals surface area (Å²) in [5.74, 6) is 0.192. The second-order valence-electron chi connectivity index (χ2n) is 7.77. The molecule has 1 saturated heterocycles. The fourth-order valence-corrected chi connectivity index (χ4v) is 5.07. The molecular formula is C23H27N3O5S. The summed E-state index contributed by atoms with van der Waals surface area (Å²) in [6.45, 7) is 3.07. The SMILES string of the molecule is COC(=O)C1=C(C)N=C2SC=C(CC(=O)NC[C@H]3CCCO3)N2[C@H]1c1ccc(OC)cc1. The Morgan fingerprint density at radius 2 is 2.06 bits per heavy atom. The third kappa shape index (κ3) is 4.54. The van der Waals surface area contributed by atoms with Gasteiger partial charge in [-0.1, -0.05) is 23.9 Å². The molecule has 0 aliphatic carbocycles. The standard InChI is InChI=1S/C23H27N3O5S/c1-14-20(22(28)30-3)21(15-6-8-17(29-2)9-7-15)26-16(13-32-23(26)25-14)11-19(27)24-12-18-5-4-10-31-18/h6-9,13,18,21H,4-5,10-12H2,1-3H3,(H,24,27)/t18-,21+/m1/s1. The van der Waals surface area contributed by atoms with Crippen LogP contribution in [0.15, 0.2) is 51.6 Å². The van der Waals surface area contributed by atoms with E-state index >= 15 is 0 Å². The van der Waals surface area contributed by atoms with Crippen LogP contribution in [0.2, 0.25) is 0 Å². The maximum Gasteiger partial charge on any atom is 0.338 e. The first-order valence-corrected chi connectivity index (χ1v) is 11.4. The van der Waals surface area contributed by atoms with Crippen LogP contribution in [0.4, 0.5) is 0 Å². The molecule has 1 aromatic carbocycles. The number of aliphatic imine (C=N–C) groups is 1. The Bertz CT molecular complexity index is 980. The van der Waals surface area contributed by atoms with Gasteiger partial charge in [-0.15, -0.1) is 0 Å². The molecule has 0 saturated carbocycles. The van der Waals surface area contributed by atoms with Gasteiger partial charge in [-0.3, -0.25) is 4.79 Å². The monoisotopic (exact) mass is 457 g/mol. The van der Waals surface area contributed by atoms with Gasteiger partial charge < -0.3 is 24.4 Å². The van der Waals surface area contributed by atoms with E-state index in [0.717, 1.165) is 41.6 Å². The van der Waals surface area contributed by atoms with Gasteiger partial charge in [0.05, 0.1) is 44.1 Å². The largest absolute Gasteiger partial charge is 0.497 e. The van der Waals surface area contributed by atoms with E-state index in [4.69, 9.17) is 14.2 Å². The molecule has 0 aromatic heterocycles. The van der Waals surface area contributed by atoms with E-state index in [9.17, 15) is 9.59 Å². The van der Waals surface area contributed by atoms with Crippen LogP contribution < -0.4 is 10.1 Å². The Morgan fingerprint density at radius 3 is 2.72 bits per heavy atom. The van der Waals surface area contributed by atoms with Crippen molar-refractivity contribution < 1.29 is 23.8 Å². The van der Waals surface area contributed by atoms with E-state index in [1.165, 1.54) is 18.9 Å². The van der Waals surface area contributed by atoms with E-state index in [-0.39, 0.29) is 18.4 Å². The van der Waals surface area contributed by atoms with E-state index in [1.807, 2.05) is 34.6 Å². The van der Waals surface area contributed by atoms with Crippen molar-refractivity contribution in [2.24, 2.45) is 4.99 Å². The third-order valence-electron chi connectivity index (χ3n) is 5.73. The van der Waals surface area contributed by atoms with Crippen molar-refractivity contribution in [1.82, 2.24) is 10.2 Å². The van der Waals surface area contributed by atoms with Gasteiger partial charge in [0, 0.05) is 18.8 Å². The average Bonchev–Trinajstić information content (AvgIpc) is 3.46. The molecule has 1 aromatic rings. The predicted octanol–water partition coefficient (Wildman–Crippen LogP) is 3.13. The van der Waals surface area contributed by atoms with Gasteiger partial charge in [-0.25, -0.2) is 9.79 Å². The number of nitrogens with zero attached hydrogens (tertiary/aromatic N) is 2. The van der Waals surface area contributed by atoms with Crippen molar-refractivity contribution in [3.63, 3.8) is 0 Å². The minimum atomic E-state index is -0.451. The van der Waals surface area contributed by atoms with Crippen LogP contribution in [-0.4, -0.2) is 55.4 Å². The lowest BCUT2D eigenvalue weighted by Crippen LogP contribution is -2.38. The zero-order valence-electron chi connectivity index (χ0n) is 18.4. The lowest BCUT2D eigenvalue weighted by molar-refractivity contribution is -0.136. The number of thioether (sulfide) groups is 1. The topological polar surface area (TPSA) is 89.5 Å². The second kappa shape index (κ2) is 9.79. The third-order valence-corrected chi connectivity index (χ3v) is 6.62. The number of allylic oxidation sites excluding steroid dienone is 1. The maximum absolute atomic E-state index is 12.7. The minimum absolute atomic E-state index is 0.0848. The molecule has 1 amide bonds. The van der Waals surface area contributed by atoms with Crippen LogP contribution in [0.25, 0.3) is 0 Å². The lowest BCUT2D eigenvalue weighted by Gasteiger charge is -2.36. The van der Waals surface area contributed by atoms with E-state index in [1.54, 1.807) is 14.0 Å². The summed E-state index contributed by atoms with van der Waals surface area (Å²) in [7, 11) is 2.97. The van der Waals surface area contributed by atoms with Gasteiger partial charge in [0.25, 0.3) is 0 Å². The molecule has 0 bridgehead atoms. The molecule has 4 rings (SSSR count). The summed E-state index contributed by atoms with van der Waals surface area (Å²) in [5, 5.41) is 5.63. The van der Waals surface area contributed by atoms with Gasteiger partial charge in [-0.05, 0) is 42.9 Å². The number of nitrogens with one attached hydrogen (secondary N) is 1. The quantitative estimate of drug-likeness (QED) is 0.629. The van der Waals surface area contributed by atoms with Gasteiger partial charge in [0.1, 0.15) is 5.75 Å². The number of fused-ring (bicyclic) bond motifs is 1. The van der Waals surface area contributed by atoms with Crippen molar-refractivity contribution >= 4 is 28.8 Å². The van der Waals surface area contributed by atoms with E-state index in [0.29, 0.717) is 17.8 Å². The number of hydrogen-bond donors (Lipinski definition) is 1. The Labute approximate surface area is 191 Å². The number of esters is 1. The summed E-state index contributed by atoms with van der Waals surface area (Å²) < 4.78 is 15.9. The van der Waals surface area contributed by atoms with Crippen molar-refractivity contribution in [1.29, 1.82) is 0 Å². The van der Waals surface area contributed by atoms with Crippen molar-refractivity contribution in [2.75, 3.05) is 27.4 Å². The van der Waals surface area contributed by atoms with Gasteiger partial charge in [0.15, 0.2) is 5.17 Å². The Balaban J connectivity index is 1.59. The van der Waals surface area contributed by atoms with Crippen molar-refractivity contribution in [3.8, 4) is 5.75 Å². The maximum atomic E-state index is 12.7. The number of rotatable bonds is 7. The lowest BCUT2D eigenvalue weighted by atomic mass is 9.94. The molecular weight excluding hydrogens is 430 g/mol. The molecule has 3 aliphatic rings. The van der Waals surface area contributed by atoms with Crippen LogP contribution in [0.1, 0.15) is 37.8 Å². The number of amidine groups is 1. The highest BCUT2D eigenvalue weighted by molar-refractivity contribution is 8.16. The highest BCUT2D eigenvalue weighted by atomic mass is 32.2. The first kappa shape index (κ1) is 22.4. The Morgan fingerprint density at radius 1 is 1.28 bits per heavy atom. The predicted molar refractivity (Wildman–Crippen MR) is 122 cm³/mol. The molecule has 0 unspecified atom stereocenters. The van der Waals surface area contributed by atoms with Gasteiger partial charge >= 0.3 is 5.97 Å². The van der Waals surface area contributed by atoms with Crippen molar-refractivity contribution in [3.05, 3.63) is 52.2 Å². The normalized spacial score (nSPS) is 22.3. The van der Waals surface area contributed by atoms with Gasteiger partial charge in [-0.2, -0.15) is 0 Å². The summed E-state index contributed by atoms with van der Waals surface area (Å²) in [6.07, 6.45) is 2.26. The van der Waals surface area contributed by atoms with Crippen LogP contribution >= 0.6 is 11.8 Å². The summed E-state index contributed by atoms with van der Waals surface area (Å²) in [6, 6.07) is 7.09. The van der Waals surface area contributed by atoms with Crippen LogP contribution in [-0.2, 0) is 19.1 Å². The number of ether oxygens (including phenoxy) is 3. The zero-order chi connectivity index (χ0) is 22.7.